The van der Waals surface area contributed by atoms with Crippen LogP contribution >= 0.6 is 11.6 Å². The van der Waals surface area contributed by atoms with Crippen molar-refractivity contribution < 1.29 is 33.4 Å². The van der Waals surface area contributed by atoms with Crippen LogP contribution in [0.5, 0.6) is 5.75 Å². The van der Waals surface area contributed by atoms with Crippen molar-refractivity contribution in [3.8, 4) is 5.75 Å². The SMILES string of the molecule is CN(CCC1=NC=C[N+]1(C(=O)O)c1ccc(OC(=O)c2ccc(F)cc2Cl)cc1)C(=O)OC(C)(C)C. The topological polar surface area (TPSA) is 106 Å². The molecule has 2 aromatic carbocycles. The number of amidine groups is 1. The minimum Gasteiger partial charge on any atom is -0.444 e. The molecule has 1 heterocycles. The zero-order chi connectivity index (χ0) is 26.7. The summed E-state index contributed by atoms with van der Waals surface area (Å²) in [5.74, 6) is -0.958. The lowest BCUT2D eigenvalue weighted by Crippen LogP contribution is -2.52. The minimum atomic E-state index is -1.20. The molecule has 3 rings (SSSR count). The normalized spacial score (nSPS) is 16.9. The summed E-state index contributed by atoms with van der Waals surface area (Å²) < 4.78 is 23.2. The number of hydrogen-bond donors (Lipinski definition) is 1. The van der Waals surface area contributed by atoms with Crippen molar-refractivity contribution in [1.29, 1.82) is 0 Å². The van der Waals surface area contributed by atoms with Crippen LogP contribution in [-0.4, -0.2) is 53.2 Å². The Hall–Kier alpha value is -3.76. The highest BCUT2D eigenvalue weighted by molar-refractivity contribution is 6.33. The molecule has 0 saturated heterocycles. The second-order valence-corrected chi connectivity index (χ2v) is 9.42. The molecule has 11 heteroatoms. The van der Waals surface area contributed by atoms with Crippen LogP contribution in [0.15, 0.2) is 59.9 Å². The first-order valence-corrected chi connectivity index (χ1v) is 11.3. The van der Waals surface area contributed by atoms with Crippen molar-refractivity contribution in [2.45, 2.75) is 32.8 Å². The third-order valence-electron chi connectivity index (χ3n) is 5.20. The molecule has 0 spiro atoms. The Bertz CT molecular complexity index is 1240. The van der Waals surface area contributed by atoms with E-state index in [0.717, 1.165) is 12.1 Å². The summed E-state index contributed by atoms with van der Waals surface area (Å²) in [7, 11) is 1.56. The summed E-state index contributed by atoms with van der Waals surface area (Å²) in [5, 5.41) is 10.0. The van der Waals surface area contributed by atoms with Crippen LogP contribution in [-0.2, 0) is 4.74 Å². The third kappa shape index (κ3) is 5.89. The molecule has 0 bridgehead atoms. The molecule has 1 unspecified atom stereocenters. The minimum absolute atomic E-state index is 0.0119. The van der Waals surface area contributed by atoms with E-state index in [4.69, 9.17) is 21.1 Å². The predicted molar refractivity (Wildman–Crippen MR) is 133 cm³/mol. The number of carbonyl (C=O) groups is 3. The Morgan fingerprint density at radius 3 is 2.39 bits per heavy atom. The van der Waals surface area contributed by atoms with Crippen LogP contribution in [0.25, 0.3) is 0 Å². The maximum atomic E-state index is 13.2. The molecule has 0 saturated carbocycles. The van der Waals surface area contributed by atoms with Gasteiger partial charge in [0.05, 0.1) is 23.2 Å². The lowest BCUT2D eigenvalue weighted by atomic mass is 10.2. The number of carbonyl (C=O) groups excluding carboxylic acids is 2. The summed E-state index contributed by atoms with van der Waals surface area (Å²) in [5.41, 5.74) is -0.344. The van der Waals surface area contributed by atoms with E-state index in [-0.39, 0.29) is 35.1 Å². The number of carboxylic acid groups (broad SMARTS) is 1. The van der Waals surface area contributed by atoms with E-state index in [9.17, 15) is 23.9 Å². The van der Waals surface area contributed by atoms with E-state index in [1.54, 1.807) is 27.8 Å². The summed E-state index contributed by atoms with van der Waals surface area (Å²) in [6, 6.07) is 9.16. The van der Waals surface area contributed by atoms with Crippen molar-refractivity contribution >= 4 is 41.3 Å². The third-order valence-corrected chi connectivity index (χ3v) is 5.52. The Morgan fingerprint density at radius 2 is 1.81 bits per heavy atom. The van der Waals surface area contributed by atoms with E-state index in [2.05, 4.69) is 4.99 Å². The molecule has 0 fully saturated rings. The molecule has 1 atom stereocenters. The fraction of sp³-hybridized carbons (Fsp3) is 0.280. The maximum absolute atomic E-state index is 13.2. The van der Waals surface area contributed by atoms with Gasteiger partial charge in [0.2, 0.25) is 5.84 Å². The maximum Gasteiger partial charge on any atom is 0.529 e. The molecule has 190 valence electrons. The number of nitrogens with zero attached hydrogens (tertiary/aromatic N) is 3. The van der Waals surface area contributed by atoms with Crippen LogP contribution in [0.4, 0.5) is 19.7 Å². The van der Waals surface area contributed by atoms with Crippen LogP contribution in [0, 0.1) is 5.82 Å². The second kappa shape index (κ2) is 10.5. The fourth-order valence-electron chi connectivity index (χ4n) is 3.42. The molecular weight excluding hydrogens is 493 g/mol. The fourth-order valence-corrected chi connectivity index (χ4v) is 3.67. The molecule has 9 nitrogen and oxygen atoms in total. The highest BCUT2D eigenvalue weighted by Gasteiger charge is 2.46. The summed E-state index contributed by atoms with van der Waals surface area (Å²) in [6.45, 7) is 5.44. The number of hydrogen-bond acceptors (Lipinski definition) is 6. The molecule has 1 aliphatic heterocycles. The number of esters is 1. The molecular formula is C25H26ClFN3O6+. The predicted octanol–water partition coefficient (Wildman–Crippen LogP) is 5.82. The van der Waals surface area contributed by atoms with Gasteiger partial charge in [0.15, 0.2) is 5.69 Å². The van der Waals surface area contributed by atoms with E-state index >= 15 is 0 Å². The van der Waals surface area contributed by atoms with Crippen molar-refractivity contribution in [2.75, 3.05) is 13.6 Å². The van der Waals surface area contributed by atoms with Crippen LogP contribution in [0.3, 0.4) is 0 Å². The summed E-state index contributed by atoms with van der Waals surface area (Å²) >= 11 is 5.91. The smallest absolute Gasteiger partial charge is 0.444 e. The molecule has 2 aromatic rings. The Kier molecular flexibility index (Phi) is 7.80. The molecule has 1 N–H and O–H groups in total. The molecule has 0 aliphatic carbocycles. The lowest BCUT2D eigenvalue weighted by Gasteiger charge is -2.28. The van der Waals surface area contributed by atoms with Crippen molar-refractivity contribution in [3.63, 3.8) is 0 Å². The van der Waals surface area contributed by atoms with Crippen LogP contribution < -0.4 is 9.22 Å². The first-order chi connectivity index (χ1) is 16.8. The lowest BCUT2D eigenvalue weighted by molar-refractivity contribution is 0.0302. The average Bonchev–Trinajstić information content (AvgIpc) is 3.21. The second-order valence-electron chi connectivity index (χ2n) is 9.01. The Balaban J connectivity index is 1.75. The van der Waals surface area contributed by atoms with Gasteiger partial charge in [-0.2, -0.15) is 4.79 Å². The number of amides is 2. The van der Waals surface area contributed by atoms with Gasteiger partial charge in [-0.05, 0) is 51.1 Å². The Morgan fingerprint density at radius 1 is 1.14 bits per heavy atom. The van der Waals surface area contributed by atoms with E-state index in [1.807, 2.05) is 0 Å². The van der Waals surface area contributed by atoms with Gasteiger partial charge in [0.25, 0.3) is 0 Å². The highest BCUT2D eigenvalue weighted by Crippen LogP contribution is 2.32. The molecule has 0 aromatic heterocycles. The van der Waals surface area contributed by atoms with Crippen LogP contribution in [0.1, 0.15) is 37.6 Å². The van der Waals surface area contributed by atoms with Gasteiger partial charge in [-0.25, -0.2) is 19.0 Å². The van der Waals surface area contributed by atoms with Gasteiger partial charge >= 0.3 is 18.2 Å². The first kappa shape index (κ1) is 26.8. The molecule has 0 radical (unpaired) electrons. The largest absolute Gasteiger partial charge is 0.529 e. The number of quaternary nitrogens is 1. The van der Waals surface area contributed by atoms with Crippen molar-refractivity contribution in [2.24, 2.45) is 4.99 Å². The quantitative estimate of drug-likeness (QED) is 0.293. The molecule has 2 amide bonds. The number of halogens is 2. The average molecular weight is 519 g/mol. The monoisotopic (exact) mass is 518 g/mol. The van der Waals surface area contributed by atoms with Gasteiger partial charge < -0.3 is 19.5 Å². The van der Waals surface area contributed by atoms with Gasteiger partial charge in [-0.1, -0.05) is 11.6 Å². The van der Waals surface area contributed by atoms with Crippen LogP contribution in [0.2, 0.25) is 5.02 Å². The van der Waals surface area contributed by atoms with Gasteiger partial charge in [-0.15, -0.1) is 4.48 Å². The summed E-state index contributed by atoms with van der Waals surface area (Å²) in [4.78, 5) is 42.7. The molecule has 36 heavy (non-hydrogen) atoms. The van der Waals surface area contributed by atoms with Gasteiger partial charge in [-0.3, -0.25) is 0 Å². The van der Waals surface area contributed by atoms with E-state index < -0.39 is 34.1 Å². The number of benzene rings is 2. The first-order valence-electron chi connectivity index (χ1n) is 10.9. The number of ether oxygens (including phenoxy) is 2. The highest BCUT2D eigenvalue weighted by atomic mass is 35.5. The van der Waals surface area contributed by atoms with Crippen molar-refractivity contribution in [3.05, 3.63) is 71.3 Å². The number of rotatable bonds is 6. The van der Waals surface area contributed by atoms with E-state index in [0.29, 0.717) is 5.69 Å². The summed E-state index contributed by atoms with van der Waals surface area (Å²) in [6.07, 6.45) is 1.22. The Labute approximate surface area is 212 Å². The standard InChI is InChI=1S/C25H25ClFN3O6/c1-25(2,3)36-23(32)29(4)13-11-21-28-12-14-30(21,24(33)34)17-6-8-18(9-7-17)35-22(31)19-10-5-16(27)15-20(19)26/h5-10,12,14-15H,11,13H2,1-4H3/p+1. The zero-order valence-corrected chi connectivity index (χ0v) is 21.0. The van der Waals surface area contributed by atoms with Crippen molar-refractivity contribution in [1.82, 2.24) is 9.38 Å². The van der Waals surface area contributed by atoms with Gasteiger partial charge in [0, 0.05) is 25.7 Å². The number of aliphatic imine (C=N–C) groups is 1. The molecule has 1 aliphatic rings. The zero-order valence-electron chi connectivity index (χ0n) is 20.2. The van der Waals surface area contributed by atoms with E-state index in [1.165, 1.54) is 47.6 Å². The van der Waals surface area contributed by atoms with Gasteiger partial charge in [0.1, 0.15) is 23.4 Å².